The van der Waals surface area contributed by atoms with E-state index in [4.69, 9.17) is 14.3 Å². The number of anilines is 1. The van der Waals surface area contributed by atoms with Gasteiger partial charge in [0.05, 0.1) is 6.20 Å². The molecule has 1 heterocycles. The third-order valence-electron chi connectivity index (χ3n) is 1.32. The summed E-state index contributed by atoms with van der Waals surface area (Å²) < 4.78 is 9.62. The minimum absolute atomic E-state index is 0.216. The number of rotatable bonds is 2. The van der Waals surface area contributed by atoms with E-state index in [1.807, 2.05) is 0 Å². The minimum Gasteiger partial charge on any atom is -0.475 e. The second kappa shape index (κ2) is 4.21. The van der Waals surface area contributed by atoms with Gasteiger partial charge in [0.15, 0.2) is 0 Å². The summed E-state index contributed by atoms with van der Waals surface area (Å²) in [6, 6.07) is -0.216. The van der Waals surface area contributed by atoms with E-state index in [1.54, 1.807) is 20.8 Å². The molecule has 0 aliphatic carbocycles. The van der Waals surface area contributed by atoms with Crippen molar-refractivity contribution in [2.75, 3.05) is 5.32 Å². The molecule has 0 radical (unpaired) electrons. The van der Waals surface area contributed by atoms with Crippen LogP contribution in [0.1, 0.15) is 31.3 Å². The molecular weight excluding hydrogens is 216 g/mol. The Kier molecular flexibility index (Phi) is 3.17. The van der Waals surface area contributed by atoms with Gasteiger partial charge < -0.3 is 14.3 Å². The van der Waals surface area contributed by atoms with Gasteiger partial charge in [-0.3, -0.25) is 0 Å². The van der Waals surface area contributed by atoms with Crippen LogP contribution in [0.4, 0.5) is 10.8 Å². The highest BCUT2D eigenvalue weighted by Crippen LogP contribution is 2.12. The topological polar surface area (TPSA) is 102 Å². The predicted octanol–water partition coefficient (Wildman–Crippen LogP) is 1.72. The van der Waals surface area contributed by atoms with Gasteiger partial charge in [0.2, 0.25) is 5.76 Å². The minimum atomic E-state index is -1.26. The summed E-state index contributed by atoms with van der Waals surface area (Å²) in [6.45, 7) is 5.10. The number of nitrogens with one attached hydrogen (secondary N) is 1. The lowest BCUT2D eigenvalue weighted by Crippen LogP contribution is -2.27. The van der Waals surface area contributed by atoms with Crippen LogP contribution in [0.3, 0.4) is 0 Å². The average Bonchev–Trinajstić information content (AvgIpc) is 2.48. The summed E-state index contributed by atoms with van der Waals surface area (Å²) in [5.41, 5.74) is -0.647. The maximum atomic E-state index is 11.2. The number of carboxylic acid groups (broad SMARTS) is 1. The smallest absolute Gasteiger partial charge is 0.415 e. The highest BCUT2D eigenvalue weighted by Gasteiger charge is 2.18. The lowest BCUT2D eigenvalue weighted by molar-refractivity contribution is 0.0619. The second-order valence-corrected chi connectivity index (χ2v) is 3.96. The fourth-order valence-electron chi connectivity index (χ4n) is 0.822. The first-order chi connectivity index (χ1) is 7.28. The molecule has 0 spiro atoms. The molecule has 0 aromatic carbocycles. The first-order valence-electron chi connectivity index (χ1n) is 4.47. The van der Waals surface area contributed by atoms with Gasteiger partial charge in [-0.2, -0.15) is 0 Å². The molecule has 1 rings (SSSR count). The van der Waals surface area contributed by atoms with Crippen LogP contribution < -0.4 is 5.32 Å². The van der Waals surface area contributed by atoms with E-state index in [-0.39, 0.29) is 11.8 Å². The van der Waals surface area contributed by atoms with Gasteiger partial charge >= 0.3 is 18.1 Å². The van der Waals surface area contributed by atoms with Gasteiger partial charge in [0, 0.05) is 0 Å². The van der Waals surface area contributed by atoms with Gasteiger partial charge in [-0.05, 0) is 20.8 Å². The largest absolute Gasteiger partial charge is 0.475 e. The molecule has 0 bridgehead atoms. The highest BCUT2D eigenvalue weighted by molar-refractivity contribution is 5.86. The zero-order valence-electron chi connectivity index (χ0n) is 9.10. The van der Waals surface area contributed by atoms with E-state index in [9.17, 15) is 9.59 Å². The average molecular weight is 228 g/mol. The molecule has 0 aliphatic rings. The summed E-state index contributed by atoms with van der Waals surface area (Å²) in [5.74, 6) is -1.62. The Morgan fingerprint density at radius 3 is 2.56 bits per heavy atom. The summed E-state index contributed by atoms with van der Waals surface area (Å²) >= 11 is 0. The number of ether oxygens (including phenoxy) is 1. The van der Waals surface area contributed by atoms with Gasteiger partial charge in [0.25, 0.3) is 0 Å². The zero-order valence-corrected chi connectivity index (χ0v) is 9.10. The van der Waals surface area contributed by atoms with Crippen molar-refractivity contribution in [3.05, 3.63) is 12.0 Å². The van der Waals surface area contributed by atoms with Crippen LogP contribution in [-0.4, -0.2) is 27.8 Å². The number of nitrogens with zero attached hydrogens (tertiary/aromatic N) is 1. The van der Waals surface area contributed by atoms with E-state index in [0.29, 0.717) is 0 Å². The molecule has 0 unspecified atom stereocenters. The van der Waals surface area contributed by atoms with E-state index in [2.05, 4.69) is 10.3 Å². The van der Waals surface area contributed by atoms with Crippen LogP contribution >= 0.6 is 0 Å². The molecule has 1 aromatic heterocycles. The Labute approximate surface area is 91.4 Å². The molecule has 0 fully saturated rings. The van der Waals surface area contributed by atoms with E-state index >= 15 is 0 Å². The molecular formula is C9H12N2O5. The van der Waals surface area contributed by atoms with E-state index < -0.39 is 17.7 Å². The van der Waals surface area contributed by atoms with E-state index in [1.165, 1.54) is 0 Å². The molecule has 7 nitrogen and oxygen atoms in total. The van der Waals surface area contributed by atoms with Crippen LogP contribution in [0.5, 0.6) is 0 Å². The molecule has 16 heavy (non-hydrogen) atoms. The number of hydrogen-bond donors (Lipinski definition) is 2. The fraction of sp³-hybridized carbons (Fsp3) is 0.444. The van der Waals surface area contributed by atoms with Gasteiger partial charge in [-0.25, -0.2) is 19.9 Å². The maximum Gasteiger partial charge on any atom is 0.415 e. The Morgan fingerprint density at radius 2 is 2.12 bits per heavy atom. The SMILES string of the molecule is CC(C)(C)OC(=O)Nc1ncc(C(=O)O)o1. The quantitative estimate of drug-likeness (QED) is 0.799. The number of aromatic carboxylic acids is 1. The van der Waals surface area contributed by atoms with Crippen molar-refractivity contribution in [2.24, 2.45) is 0 Å². The molecule has 1 amide bonds. The molecule has 0 atom stereocenters. The molecule has 0 aliphatic heterocycles. The van der Waals surface area contributed by atoms with Crippen molar-refractivity contribution in [2.45, 2.75) is 26.4 Å². The number of hydrogen-bond acceptors (Lipinski definition) is 5. The molecule has 1 aromatic rings. The Bertz CT molecular complexity index is 404. The monoisotopic (exact) mass is 228 g/mol. The number of carbonyl (C=O) groups is 2. The van der Waals surface area contributed by atoms with Crippen LogP contribution in [0.15, 0.2) is 10.6 Å². The molecule has 0 saturated heterocycles. The third kappa shape index (κ3) is 3.60. The van der Waals surface area contributed by atoms with Crippen LogP contribution in [0, 0.1) is 0 Å². The van der Waals surface area contributed by atoms with Crippen molar-refractivity contribution >= 4 is 18.1 Å². The van der Waals surface area contributed by atoms with Crippen LogP contribution in [0.2, 0.25) is 0 Å². The lowest BCUT2D eigenvalue weighted by atomic mass is 10.2. The Balaban J connectivity index is 2.60. The van der Waals surface area contributed by atoms with Crippen LogP contribution in [0.25, 0.3) is 0 Å². The number of oxazole rings is 1. The number of amides is 1. The number of aromatic nitrogens is 1. The van der Waals surface area contributed by atoms with Gasteiger partial charge in [-0.15, -0.1) is 0 Å². The van der Waals surface area contributed by atoms with Crippen molar-refractivity contribution in [3.63, 3.8) is 0 Å². The van der Waals surface area contributed by atoms with Crippen molar-refractivity contribution in [3.8, 4) is 0 Å². The zero-order chi connectivity index (χ0) is 12.3. The summed E-state index contributed by atoms with van der Waals surface area (Å²) in [4.78, 5) is 25.2. The number of carboxylic acids is 1. The Morgan fingerprint density at radius 1 is 1.50 bits per heavy atom. The van der Waals surface area contributed by atoms with Gasteiger partial charge in [-0.1, -0.05) is 0 Å². The summed E-state index contributed by atoms with van der Waals surface area (Å²) in [5, 5.41) is 10.7. The first kappa shape index (κ1) is 12.0. The van der Waals surface area contributed by atoms with Crippen LogP contribution in [-0.2, 0) is 4.74 Å². The van der Waals surface area contributed by atoms with Crippen molar-refractivity contribution < 1.29 is 23.8 Å². The fourth-order valence-corrected chi connectivity index (χ4v) is 0.822. The summed E-state index contributed by atoms with van der Waals surface area (Å²) in [7, 11) is 0. The maximum absolute atomic E-state index is 11.2. The standard InChI is InChI=1S/C9H12N2O5/c1-9(2,3)16-8(14)11-7-10-4-5(15-7)6(12)13/h4H,1-3H3,(H,12,13)(H,10,11,14). The van der Waals surface area contributed by atoms with E-state index in [0.717, 1.165) is 6.20 Å². The predicted molar refractivity (Wildman–Crippen MR) is 53.3 cm³/mol. The molecule has 0 saturated carbocycles. The van der Waals surface area contributed by atoms with Crippen molar-refractivity contribution in [1.82, 2.24) is 4.98 Å². The Hall–Kier alpha value is -2.05. The molecule has 88 valence electrons. The molecule has 7 heteroatoms. The second-order valence-electron chi connectivity index (χ2n) is 3.96. The normalized spacial score (nSPS) is 10.9. The summed E-state index contributed by atoms with van der Waals surface area (Å²) in [6.07, 6.45) is 0.237. The lowest BCUT2D eigenvalue weighted by Gasteiger charge is -2.18. The first-order valence-corrected chi connectivity index (χ1v) is 4.47. The van der Waals surface area contributed by atoms with Gasteiger partial charge in [0.1, 0.15) is 5.60 Å². The highest BCUT2D eigenvalue weighted by atomic mass is 16.6. The van der Waals surface area contributed by atoms with Crippen molar-refractivity contribution in [1.29, 1.82) is 0 Å². The number of carbonyl (C=O) groups excluding carboxylic acids is 1. The third-order valence-corrected chi connectivity index (χ3v) is 1.32. The molecule has 2 N–H and O–H groups in total.